The molecular weight excluding hydrogens is 448 g/mol. The van der Waals surface area contributed by atoms with Crippen molar-refractivity contribution in [3.05, 3.63) is 66.6 Å². The lowest BCUT2D eigenvalue weighted by molar-refractivity contribution is -0.142. The van der Waals surface area contributed by atoms with Crippen LogP contribution in [0.1, 0.15) is 18.4 Å². The van der Waals surface area contributed by atoms with Gasteiger partial charge in [-0.15, -0.1) is 0 Å². The molecule has 4 rings (SSSR count). The number of benzene rings is 1. The monoisotopic (exact) mass is 478 g/mol. The first kappa shape index (κ1) is 24.6. The zero-order valence-corrected chi connectivity index (χ0v) is 19.4. The van der Waals surface area contributed by atoms with E-state index in [0.717, 1.165) is 16.5 Å². The summed E-state index contributed by atoms with van der Waals surface area (Å²) in [5.74, 6) is -0.873. The molecule has 0 aliphatic carbocycles. The van der Waals surface area contributed by atoms with Crippen LogP contribution in [-0.2, 0) is 16.0 Å². The Morgan fingerprint density at radius 1 is 1.11 bits per heavy atom. The van der Waals surface area contributed by atoms with E-state index in [-0.39, 0.29) is 24.9 Å². The Balaban J connectivity index is 1.22. The second kappa shape index (κ2) is 11.7. The van der Waals surface area contributed by atoms with Crippen LogP contribution in [0.3, 0.4) is 0 Å². The van der Waals surface area contributed by atoms with Gasteiger partial charge in [0.25, 0.3) is 0 Å². The van der Waals surface area contributed by atoms with E-state index in [1.54, 1.807) is 30.7 Å². The number of rotatable bonds is 10. The van der Waals surface area contributed by atoms with Crippen LogP contribution in [0, 0.1) is 5.92 Å². The fourth-order valence-electron chi connectivity index (χ4n) is 4.36. The molecule has 35 heavy (non-hydrogen) atoms. The molecule has 3 N–H and O–H groups in total. The van der Waals surface area contributed by atoms with Crippen molar-refractivity contribution in [3.8, 4) is 5.75 Å². The number of carboxylic acids is 1. The lowest BCUT2D eigenvalue weighted by Crippen LogP contribution is -2.48. The normalized spacial score (nSPS) is 16.5. The average molecular weight is 479 g/mol. The van der Waals surface area contributed by atoms with Gasteiger partial charge in [-0.05, 0) is 61.8 Å². The van der Waals surface area contributed by atoms with Crippen LogP contribution >= 0.6 is 0 Å². The van der Waals surface area contributed by atoms with Crippen LogP contribution in [0.4, 0.5) is 0 Å². The zero-order valence-electron chi connectivity index (χ0n) is 19.4. The van der Waals surface area contributed by atoms with E-state index < -0.39 is 18.1 Å². The molecule has 3 aromatic rings. The van der Waals surface area contributed by atoms with Crippen molar-refractivity contribution in [1.29, 1.82) is 0 Å². The van der Waals surface area contributed by atoms with Crippen molar-refractivity contribution in [1.82, 2.24) is 20.2 Å². The first-order valence-corrected chi connectivity index (χ1v) is 11.8. The standard InChI is InChI=1S/C26H30N4O5/c31-20(17-35-24-7-1-6-22-21(24)5-3-11-28-22)16-30-12-8-19(9-13-30)25(32)29-23(26(33)34)14-18-4-2-10-27-15-18/h1-7,10-11,15,19-20,23,31H,8-9,12-14,16-17H2,(H,29,32)(H,33,34). The number of likely N-dealkylation sites (tertiary alicyclic amines) is 1. The molecule has 184 valence electrons. The highest BCUT2D eigenvalue weighted by Gasteiger charge is 2.29. The number of hydrogen-bond donors (Lipinski definition) is 3. The van der Waals surface area contributed by atoms with Gasteiger partial charge in [0, 0.05) is 42.9 Å². The van der Waals surface area contributed by atoms with Gasteiger partial charge in [0.1, 0.15) is 24.5 Å². The number of nitrogens with zero attached hydrogens (tertiary/aromatic N) is 3. The van der Waals surface area contributed by atoms with Gasteiger partial charge in [0.2, 0.25) is 5.91 Å². The molecular formula is C26H30N4O5. The van der Waals surface area contributed by atoms with Crippen LogP contribution < -0.4 is 10.1 Å². The van der Waals surface area contributed by atoms with Gasteiger partial charge < -0.3 is 25.2 Å². The molecule has 1 saturated heterocycles. The Kier molecular flexibility index (Phi) is 8.23. The minimum absolute atomic E-state index is 0.156. The fourth-order valence-corrected chi connectivity index (χ4v) is 4.36. The molecule has 1 amide bonds. The quantitative estimate of drug-likeness (QED) is 0.404. The summed E-state index contributed by atoms with van der Waals surface area (Å²) in [5, 5.41) is 23.6. The molecule has 0 saturated carbocycles. The number of aliphatic hydroxyl groups is 1. The third-order valence-electron chi connectivity index (χ3n) is 6.24. The van der Waals surface area contributed by atoms with Crippen LogP contribution in [0.5, 0.6) is 5.75 Å². The number of carboxylic acid groups (broad SMARTS) is 1. The summed E-state index contributed by atoms with van der Waals surface area (Å²) in [6, 6.07) is 12.0. The number of piperidine rings is 1. The number of amides is 1. The van der Waals surface area contributed by atoms with Crippen molar-refractivity contribution in [2.75, 3.05) is 26.2 Å². The summed E-state index contributed by atoms with van der Waals surface area (Å²) in [6.45, 7) is 1.89. The fraction of sp³-hybridized carbons (Fsp3) is 0.385. The van der Waals surface area contributed by atoms with Crippen LogP contribution in [0.25, 0.3) is 10.9 Å². The van der Waals surface area contributed by atoms with E-state index in [4.69, 9.17) is 4.74 Å². The van der Waals surface area contributed by atoms with Crippen molar-refractivity contribution in [2.24, 2.45) is 5.92 Å². The van der Waals surface area contributed by atoms with Crippen molar-refractivity contribution in [3.63, 3.8) is 0 Å². The summed E-state index contributed by atoms with van der Waals surface area (Å²) < 4.78 is 5.86. The maximum atomic E-state index is 12.7. The molecule has 2 aromatic heterocycles. The number of pyridine rings is 2. The minimum atomic E-state index is -1.07. The smallest absolute Gasteiger partial charge is 0.326 e. The first-order chi connectivity index (χ1) is 17.0. The van der Waals surface area contributed by atoms with E-state index >= 15 is 0 Å². The number of carbonyl (C=O) groups is 2. The predicted molar refractivity (Wildman–Crippen MR) is 130 cm³/mol. The topological polar surface area (TPSA) is 125 Å². The summed E-state index contributed by atoms with van der Waals surface area (Å²) in [5.41, 5.74) is 1.59. The maximum Gasteiger partial charge on any atom is 0.326 e. The Morgan fingerprint density at radius 3 is 2.66 bits per heavy atom. The number of ether oxygens (including phenoxy) is 1. The van der Waals surface area contributed by atoms with Crippen LogP contribution in [0.2, 0.25) is 0 Å². The van der Waals surface area contributed by atoms with Gasteiger partial charge in [-0.25, -0.2) is 4.79 Å². The largest absolute Gasteiger partial charge is 0.490 e. The number of hydrogen-bond acceptors (Lipinski definition) is 7. The molecule has 0 bridgehead atoms. The molecule has 1 aromatic carbocycles. The summed E-state index contributed by atoms with van der Waals surface area (Å²) >= 11 is 0. The van der Waals surface area contributed by atoms with Gasteiger partial charge in [-0.2, -0.15) is 0 Å². The van der Waals surface area contributed by atoms with Gasteiger partial charge in [-0.3, -0.25) is 14.8 Å². The summed E-state index contributed by atoms with van der Waals surface area (Å²) in [4.78, 5) is 34.8. The Labute approximate surface area is 203 Å². The molecule has 1 aliphatic rings. The van der Waals surface area contributed by atoms with E-state index in [2.05, 4.69) is 20.2 Å². The Hall–Kier alpha value is -3.56. The highest BCUT2D eigenvalue weighted by Crippen LogP contribution is 2.24. The molecule has 2 unspecified atom stereocenters. The Bertz CT molecular complexity index is 1130. The molecule has 1 fully saturated rings. The SMILES string of the molecule is O=C(NC(Cc1cccnc1)C(=O)O)C1CCN(CC(O)COc2cccc3ncccc23)CC1. The summed E-state index contributed by atoms with van der Waals surface area (Å²) in [6.07, 6.45) is 5.67. The molecule has 0 spiro atoms. The number of nitrogens with one attached hydrogen (secondary N) is 1. The van der Waals surface area contributed by atoms with Gasteiger partial charge >= 0.3 is 5.97 Å². The lowest BCUT2D eigenvalue weighted by Gasteiger charge is -2.33. The maximum absolute atomic E-state index is 12.7. The number of carbonyl (C=O) groups excluding carboxylic acids is 1. The van der Waals surface area contributed by atoms with Crippen LogP contribution in [0.15, 0.2) is 61.1 Å². The zero-order chi connectivity index (χ0) is 24.6. The average Bonchev–Trinajstić information content (AvgIpc) is 2.88. The van der Waals surface area contributed by atoms with E-state index in [9.17, 15) is 19.8 Å². The highest BCUT2D eigenvalue weighted by atomic mass is 16.5. The highest BCUT2D eigenvalue weighted by molar-refractivity contribution is 5.85. The van der Waals surface area contributed by atoms with E-state index in [0.29, 0.717) is 38.2 Å². The number of aliphatic carboxylic acids is 1. The van der Waals surface area contributed by atoms with Gasteiger partial charge in [-0.1, -0.05) is 12.1 Å². The molecule has 2 atom stereocenters. The second-order valence-corrected chi connectivity index (χ2v) is 8.83. The minimum Gasteiger partial charge on any atom is -0.490 e. The first-order valence-electron chi connectivity index (χ1n) is 11.8. The summed E-state index contributed by atoms with van der Waals surface area (Å²) in [7, 11) is 0. The van der Waals surface area contributed by atoms with Crippen molar-refractivity contribution in [2.45, 2.75) is 31.4 Å². The number of aliphatic hydroxyl groups excluding tert-OH is 1. The van der Waals surface area contributed by atoms with E-state index in [1.807, 2.05) is 30.3 Å². The van der Waals surface area contributed by atoms with Crippen molar-refractivity contribution >= 4 is 22.8 Å². The van der Waals surface area contributed by atoms with Gasteiger partial charge in [0.05, 0.1) is 5.52 Å². The second-order valence-electron chi connectivity index (χ2n) is 8.83. The van der Waals surface area contributed by atoms with E-state index in [1.165, 1.54) is 0 Å². The predicted octanol–water partition coefficient (Wildman–Crippen LogP) is 1.89. The molecule has 9 nitrogen and oxygen atoms in total. The Morgan fingerprint density at radius 2 is 1.91 bits per heavy atom. The third-order valence-corrected chi connectivity index (χ3v) is 6.24. The molecule has 3 heterocycles. The lowest BCUT2D eigenvalue weighted by atomic mass is 9.95. The van der Waals surface area contributed by atoms with Crippen molar-refractivity contribution < 1.29 is 24.5 Å². The number of aromatic nitrogens is 2. The number of β-amino-alcohol motifs (C(OH)–C–C–N with tert-alkyl or cyclic N) is 1. The molecule has 0 radical (unpaired) electrons. The third kappa shape index (κ3) is 6.74. The van der Waals surface area contributed by atoms with Gasteiger partial charge in [0.15, 0.2) is 0 Å². The molecule has 1 aliphatic heterocycles. The van der Waals surface area contributed by atoms with Crippen LogP contribution in [-0.4, -0.2) is 75.3 Å². The molecule has 9 heteroatoms. The number of fused-ring (bicyclic) bond motifs is 1.